The highest BCUT2D eigenvalue weighted by Gasteiger charge is 2.35. The molecule has 1 saturated carbocycles. The van der Waals surface area contributed by atoms with E-state index in [0.29, 0.717) is 23.0 Å². The van der Waals surface area contributed by atoms with Gasteiger partial charge in [-0.3, -0.25) is 0 Å². The first-order valence-electron chi connectivity index (χ1n) is 10.1. The SMILES string of the molecule is CC(C)(C)C(C)(C)Nc1nn2c(-c3ccc(F)c(F)c3)nnc2cc1C1CCC1. The maximum absolute atomic E-state index is 13.8. The van der Waals surface area contributed by atoms with Gasteiger partial charge in [0.15, 0.2) is 28.9 Å². The van der Waals surface area contributed by atoms with E-state index in [9.17, 15) is 8.78 Å². The normalized spacial score (nSPS) is 15.6. The lowest BCUT2D eigenvalue weighted by Crippen LogP contribution is -2.44. The number of fused-ring (bicyclic) bond motifs is 1. The molecule has 1 fully saturated rings. The summed E-state index contributed by atoms with van der Waals surface area (Å²) >= 11 is 0. The molecule has 2 heterocycles. The van der Waals surface area contributed by atoms with Crippen molar-refractivity contribution in [2.45, 2.75) is 65.3 Å². The second kappa shape index (κ2) is 6.75. The Balaban J connectivity index is 1.85. The fourth-order valence-electron chi connectivity index (χ4n) is 3.27. The van der Waals surface area contributed by atoms with Crippen molar-refractivity contribution in [3.05, 3.63) is 41.5 Å². The molecule has 29 heavy (non-hydrogen) atoms. The molecule has 0 atom stereocenters. The van der Waals surface area contributed by atoms with Crippen molar-refractivity contribution in [1.29, 1.82) is 0 Å². The highest BCUT2D eigenvalue weighted by atomic mass is 19.2. The first-order valence-corrected chi connectivity index (χ1v) is 10.1. The molecule has 3 aromatic rings. The number of hydrogen-bond donors (Lipinski definition) is 1. The van der Waals surface area contributed by atoms with Crippen LogP contribution in [0.1, 0.15) is 65.4 Å². The van der Waals surface area contributed by atoms with Gasteiger partial charge in [0.2, 0.25) is 0 Å². The van der Waals surface area contributed by atoms with Gasteiger partial charge in [-0.1, -0.05) is 27.2 Å². The molecule has 0 saturated heterocycles. The maximum atomic E-state index is 13.8. The third-order valence-corrected chi connectivity index (χ3v) is 6.45. The van der Waals surface area contributed by atoms with Crippen LogP contribution in [-0.4, -0.2) is 25.4 Å². The van der Waals surface area contributed by atoms with Crippen molar-refractivity contribution < 1.29 is 8.78 Å². The lowest BCUT2D eigenvalue weighted by molar-refractivity contribution is 0.253. The van der Waals surface area contributed by atoms with E-state index in [1.165, 1.54) is 12.5 Å². The van der Waals surface area contributed by atoms with Crippen molar-refractivity contribution >= 4 is 11.5 Å². The summed E-state index contributed by atoms with van der Waals surface area (Å²) in [5, 5.41) is 16.9. The smallest absolute Gasteiger partial charge is 0.185 e. The summed E-state index contributed by atoms with van der Waals surface area (Å²) in [4.78, 5) is 0. The molecule has 1 aliphatic rings. The first kappa shape index (κ1) is 19.7. The fraction of sp³-hybridized carbons (Fsp3) is 0.500. The molecule has 1 aliphatic carbocycles. The van der Waals surface area contributed by atoms with E-state index >= 15 is 0 Å². The molecule has 1 aromatic carbocycles. The van der Waals surface area contributed by atoms with E-state index in [1.54, 1.807) is 4.52 Å². The van der Waals surface area contributed by atoms with Gasteiger partial charge in [-0.25, -0.2) is 8.78 Å². The Labute approximate surface area is 169 Å². The van der Waals surface area contributed by atoms with Crippen LogP contribution in [0.25, 0.3) is 17.0 Å². The molecule has 1 N–H and O–H groups in total. The largest absolute Gasteiger partial charge is 0.363 e. The summed E-state index contributed by atoms with van der Waals surface area (Å²) in [6.07, 6.45) is 3.48. The molecule has 5 nitrogen and oxygen atoms in total. The van der Waals surface area contributed by atoms with Crippen LogP contribution in [0.2, 0.25) is 0 Å². The zero-order valence-corrected chi connectivity index (χ0v) is 17.6. The number of aromatic nitrogens is 4. The third-order valence-electron chi connectivity index (χ3n) is 6.45. The molecule has 0 bridgehead atoms. The summed E-state index contributed by atoms with van der Waals surface area (Å²) < 4.78 is 28.7. The molecular weight excluding hydrogens is 372 g/mol. The van der Waals surface area contributed by atoms with Gasteiger partial charge >= 0.3 is 0 Å². The van der Waals surface area contributed by atoms with Gasteiger partial charge in [-0.15, -0.1) is 15.3 Å². The zero-order chi connectivity index (χ0) is 21.0. The van der Waals surface area contributed by atoms with Gasteiger partial charge in [0.05, 0.1) is 0 Å². The molecule has 0 spiro atoms. The summed E-state index contributed by atoms with van der Waals surface area (Å²) in [6, 6.07) is 5.73. The van der Waals surface area contributed by atoms with Gasteiger partial charge in [0.1, 0.15) is 0 Å². The maximum Gasteiger partial charge on any atom is 0.185 e. The Bertz CT molecular complexity index is 1060. The van der Waals surface area contributed by atoms with Crippen LogP contribution >= 0.6 is 0 Å². The molecule has 154 valence electrons. The van der Waals surface area contributed by atoms with Crippen molar-refractivity contribution in [3.8, 4) is 11.4 Å². The van der Waals surface area contributed by atoms with Crippen LogP contribution in [0.4, 0.5) is 14.6 Å². The predicted molar refractivity (Wildman–Crippen MR) is 110 cm³/mol. The minimum Gasteiger partial charge on any atom is -0.363 e. The second-order valence-electron chi connectivity index (χ2n) is 9.50. The number of nitrogens with zero attached hydrogens (tertiary/aromatic N) is 4. The minimum atomic E-state index is -0.919. The van der Waals surface area contributed by atoms with E-state index in [4.69, 9.17) is 5.10 Å². The lowest BCUT2D eigenvalue weighted by Gasteiger charge is -2.41. The van der Waals surface area contributed by atoms with Gasteiger partial charge in [0.25, 0.3) is 0 Å². The Morgan fingerprint density at radius 3 is 2.31 bits per heavy atom. The summed E-state index contributed by atoms with van der Waals surface area (Å²) in [5.74, 6) is -0.176. The number of anilines is 1. The molecule has 0 aliphatic heterocycles. The van der Waals surface area contributed by atoms with E-state index in [0.717, 1.165) is 36.4 Å². The number of nitrogens with one attached hydrogen (secondary N) is 1. The van der Waals surface area contributed by atoms with Gasteiger partial charge in [-0.2, -0.15) is 4.52 Å². The second-order valence-corrected chi connectivity index (χ2v) is 9.50. The monoisotopic (exact) mass is 399 g/mol. The van der Waals surface area contributed by atoms with Crippen molar-refractivity contribution in [1.82, 2.24) is 19.8 Å². The van der Waals surface area contributed by atoms with Crippen LogP contribution in [-0.2, 0) is 0 Å². The number of hydrogen-bond acceptors (Lipinski definition) is 4. The lowest BCUT2D eigenvalue weighted by atomic mass is 9.75. The van der Waals surface area contributed by atoms with E-state index in [-0.39, 0.29) is 11.0 Å². The highest BCUT2D eigenvalue weighted by molar-refractivity contribution is 5.62. The van der Waals surface area contributed by atoms with Crippen LogP contribution in [0.3, 0.4) is 0 Å². The Kier molecular flexibility index (Phi) is 4.59. The quantitative estimate of drug-likeness (QED) is 0.623. The van der Waals surface area contributed by atoms with Crippen molar-refractivity contribution in [2.75, 3.05) is 5.32 Å². The minimum absolute atomic E-state index is 0.00335. The van der Waals surface area contributed by atoms with E-state index < -0.39 is 11.6 Å². The fourth-order valence-corrected chi connectivity index (χ4v) is 3.27. The van der Waals surface area contributed by atoms with Crippen molar-refractivity contribution in [2.24, 2.45) is 5.41 Å². The standard InChI is InChI=1S/C22H27F2N5/c1-21(2,3)22(4,5)25-19-15(13-7-6-8-13)12-18-26-27-20(29(18)28-19)14-9-10-16(23)17(24)11-14/h9-13H,6-8H2,1-5H3,(H,25,28). The van der Waals surface area contributed by atoms with Crippen LogP contribution in [0.15, 0.2) is 24.3 Å². The first-order chi connectivity index (χ1) is 13.6. The molecule has 4 rings (SSSR count). The molecule has 0 amide bonds. The van der Waals surface area contributed by atoms with Crippen LogP contribution < -0.4 is 5.32 Å². The summed E-state index contributed by atoms with van der Waals surface area (Å²) in [6.45, 7) is 10.9. The number of halogens is 2. The number of rotatable bonds is 4. The third kappa shape index (κ3) is 3.47. The predicted octanol–water partition coefficient (Wildman–Crippen LogP) is 5.57. The molecule has 0 radical (unpaired) electrons. The van der Waals surface area contributed by atoms with Crippen molar-refractivity contribution in [3.63, 3.8) is 0 Å². The molecular formula is C22H27F2N5. The Morgan fingerprint density at radius 1 is 1.00 bits per heavy atom. The van der Waals surface area contributed by atoms with Crippen LogP contribution in [0.5, 0.6) is 0 Å². The topological polar surface area (TPSA) is 55.1 Å². The van der Waals surface area contributed by atoms with Crippen LogP contribution in [0, 0.1) is 17.0 Å². The summed E-state index contributed by atoms with van der Waals surface area (Å²) in [5.41, 5.74) is 1.95. The number of benzene rings is 1. The molecule has 7 heteroatoms. The average molecular weight is 399 g/mol. The van der Waals surface area contributed by atoms with E-state index in [1.807, 2.05) is 6.07 Å². The summed E-state index contributed by atoms with van der Waals surface area (Å²) in [7, 11) is 0. The Hall–Kier alpha value is -2.57. The zero-order valence-electron chi connectivity index (χ0n) is 17.6. The average Bonchev–Trinajstić information content (AvgIpc) is 2.97. The molecule has 2 aromatic heterocycles. The van der Waals surface area contributed by atoms with E-state index in [2.05, 4.69) is 50.1 Å². The van der Waals surface area contributed by atoms with Gasteiger partial charge in [-0.05, 0) is 62.3 Å². The van der Waals surface area contributed by atoms with Gasteiger partial charge < -0.3 is 5.32 Å². The molecule has 0 unspecified atom stereocenters. The highest BCUT2D eigenvalue weighted by Crippen LogP contribution is 2.42. The Morgan fingerprint density at radius 2 is 1.72 bits per heavy atom. The van der Waals surface area contributed by atoms with Gasteiger partial charge in [0, 0.05) is 16.7 Å².